The van der Waals surface area contributed by atoms with E-state index in [1.54, 1.807) is 6.20 Å². The number of aliphatic hydroxyl groups is 1. The summed E-state index contributed by atoms with van der Waals surface area (Å²) in [6.45, 7) is -0.100. The summed E-state index contributed by atoms with van der Waals surface area (Å²) in [6.07, 6.45) is 5.39. The van der Waals surface area contributed by atoms with Gasteiger partial charge < -0.3 is 15.8 Å². The summed E-state index contributed by atoms with van der Waals surface area (Å²) >= 11 is 0. The van der Waals surface area contributed by atoms with Crippen LogP contribution in [0.5, 0.6) is 0 Å². The quantitative estimate of drug-likeness (QED) is 0.765. The van der Waals surface area contributed by atoms with Gasteiger partial charge in [0.25, 0.3) is 0 Å². The highest BCUT2D eigenvalue weighted by atomic mass is 16.3. The highest BCUT2D eigenvalue weighted by Gasteiger charge is 2.13. The minimum atomic E-state index is -0.437. The van der Waals surface area contributed by atoms with Gasteiger partial charge in [0, 0.05) is 0 Å². The third-order valence-corrected chi connectivity index (χ3v) is 3.55. The monoisotopic (exact) mass is 243 g/mol. The van der Waals surface area contributed by atoms with Crippen molar-refractivity contribution in [2.75, 3.05) is 6.61 Å². The molecule has 0 aliphatic heterocycles. The fraction of sp³-hybridized carbons (Fsp3) is 0.357. The Hall–Kier alpha value is -1.65. The first-order valence-electron chi connectivity index (χ1n) is 6.31. The zero-order valence-corrected chi connectivity index (χ0v) is 10.2. The lowest BCUT2D eigenvalue weighted by Crippen LogP contribution is -2.15. The zero-order valence-electron chi connectivity index (χ0n) is 10.2. The van der Waals surface area contributed by atoms with Crippen LogP contribution in [-0.2, 0) is 12.8 Å². The van der Waals surface area contributed by atoms with Crippen molar-refractivity contribution in [1.29, 1.82) is 0 Å². The minimum absolute atomic E-state index is 0.100. The van der Waals surface area contributed by atoms with Crippen molar-refractivity contribution < 1.29 is 5.11 Å². The average Bonchev–Trinajstić information content (AvgIpc) is 3.05. The Kier molecular flexibility index (Phi) is 2.89. The van der Waals surface area contributed by atoms with E-state index in [2.05, 4.69) is 28.2 Å². The number of nitrogens with two attached hydrogens (primary N) is 1. The van der Waals surface area contributed by atoms with Gasteiger partial charge in [-0.3, -0.25) is 0 Å². The molecule has 4 N–H and O–H groups in total. The summed E-state index contributed by atoms with van der Waals surface area (Å²) in [5, 5.41) is 9.01. The molecule has 0 spiro atoms. The number of nitrogens with zero attached hydrogens (tertiary/aromatic N) is 1. The molecule has 94 valence electrons. The highest BCUT2D eigenvalue weighted by Crippen LogP contribution is 2.27. The third kappa shape index (κ3) is 1.94. The molecule has 4 heteroatoms. The molecule has 1 unspecified atom stereocenters. The molecule has 1 aromatic carbocycles. The van der Waals surface area contributed by atoms with E-state index < -0.39 is 6.04 Å². The van der Waals surface area contributed by atoms with Gasteiger partial charge in [-0.05, 0) is 42.0 Å². The van der Waals surface area contributed by atoms with Crippen LogP contribution in [0.4, 0.5) is 0 Å². The predicted molar refractivity (Wildman–Crippen MR) is 70.1 cm³/mol. The summed E-state index contributed by atoms with van der Waals surface area (Å²) in [4.78, 5) is 7.39. The van der Waals surface area contributed by atoms with Gasteiger partial charge in [-0.2, -0.15) is 0 Å². The second-order valence-corrected chi connectivity index (χ2v) is 4.81. The molecule has 0 fully saturated rings. The minimum Gasteiger partial charge on any atom is -0.394 e. The Morgan fingerprint density at radius 2 is 2.17 bits per heavy atom. The molecule has 0 saturated carbocycles. The molecule has 0 amide bonds. The van der Waals surface area contributed by atoms with Crippen LogP contribution in [0.15, 0.2) is 24.4 Å². The Bertz CT molecular complexity index is 562. The number of hydrogen-bond acceptors (Lipinski definition) is 3. The summed E-state index contributed by atoms with van der Waals surface area (Å²) in [6, 6.07) is 6.10. The first kappa shape index (κ1) is 11.4. The first-order chi connectivity index (χ1) is 8.78. The van der Waals surface area contributed by atoms with Gasteiger partial charge in [-0.25, -0.2) is 4.98 Å². The van der Waals surface area contributed by atoms with E-state index in [0.29, 0.717) is 5.82 Å². The molecule has 1 aliphatic rings. The number of H-pyrrole nitrogens is 1. The van der Waals surface area contributed by atoms with E-state index in [-0.39, 0.29) is 6.61 Å². The maximum Gasteiger partial charge on any atom is 0.125 e. The van der Waals surface area contributed by atoms with Gasteiger partial charge in [0.05, 0.1) is 24.5 Å². The van der Waals surface area contributed by atoms with E-state index in [1.165, 1.54) is 30.4 Å². The molecular formula is C14H17N3O. The maximum atomic E-state index is 9.01. The molecule has 0 bridgehead atoms. The van der Waals surface area contributed by atoms with Crippen molar-refractivity contribution in [2.24, 2.45) is 5.73 Å². The molecule has 18 heavy (non-hydrogen) atoms. The first-order valence-corrected chi connectivity index (χ1v) is 6.31. The van der Waals surface area contributed by atoms with Crippen LogP contribution in [-0.4, -0.2) is 21.7 Å². The fourth-order valence-electron chi connectivity index (χ4n) is 2.50. The summed E-state index contributed by atoms with van der Waals surface area (Å²) in [7, 11) is 0. The van der Waals surface area contributed by atoms with Gasteiger partial charge in [-0.1, -0.05) is 12.1 Å². The third-order valence-electron chi connectivity index (χ3n) is 3.55. The van der Waals surface area contributed by atoms with Crippen molar-refractivity contribution in [3.63, 3.8) is 0 Å². The normalized spacial score (nSPS) is 15.7. The van der Waals surface area contributed by atoms with Crippen molar-refractivity contribution in [3.8, 4) is 11.3 Å². The molecule has 3 rings (SSSR count). The van der Waals surface area contributed by atoms with Crippen LogP contribution in [0.2, 0.25) is 0 Å². The Morgan fingerprint density at radius 1 is 1.33 bits per heavy atom. The van der Waals surface area contributed by atoms with Gasteiger partial charge in [0.2, 0.25) is 0 Å². The Labute approximate surface area is 106 Å². The van der Waals surface area contributed by atoms with Gasteiger partial charge >= 0.3 is 0 Å². The molecule has 0 saturated heterocycles. The van der Waals surface area contributed by atoms with E-state index in [1.807, 2.05) is 0 Å². The largest absolute Gasteiger partial charge is 0.394 e. The fourth-order valence-corrected chi connectivity index (χ4v) is 2.50. The van der Waals surface area contributed by atoms with Crippen molar-refractivity contribution in [3.05, 3.63) is 41.3 Å². The molecule has 1 aromatic heterocycles. The van der Waals surface area contributed by atoms with Crippen LogP contribution in [0, 0.1) is 0 Å². The number of fused-ring (bicyclic) bond motifs is 1. The van der Waals surface area contributed by atoms with Crippen LogP contribution >= 0.6 is 0 Å². The molecular weight excluding hydrogens is 226 g/mol. The van der Waals surface area contributed by atoms with E-state index >= 15 is 0 Å². The second-order valence-electron chi connectivity index (χ2n) is 4.81. The number of aromatic amines is 1. The SMILES string of the molecule is NC(CO)c1ncc(-c2ccc3c(c2)CCC3)[nH]1. The van der Waals surface area contributed by atoms with E-state index in [9.17, 15) is 0 Å². The number of aliphatic hydroxyl groups excluding tert-OH is 1. The van der Waals surface area contributed by atoms with Crippen LogP contribution in [0.1, 0.15) is 29.4 Å². The lowest BCUT2D eigenvalue weighted by atomic mass is 10.0. The highest BCUT2D eigenvalue weighted by molar-refractivity contribution is 5.61. The number of aromatic nitrogens is 2. The van der Waals surface area contributed by atoms with Crippen molar-refractivity contribution in [2.45, 2.75) is 25.3 Å². The van der Waals surface area contributed by atoms with E-state index in [4.69, 9.17) is 10.8 Å². The molecule has 2 aromatic rings. The van der Waals surface area contributed by atoms with E-state index in [0.717, 1.165) is 11.3 Å². The lowest BCUT2D eigenvalue weighted by molar-refractivity contribution is 0.264. The number of rotatable bonds is 3. The summed E-state index contributed by atoms with van der Waals surface area (Å²) in [5.74, 6) is 0.632. The van der Waals surface area contributed by atoms with Gasteiger partial charge in [-0.15, -0.1) is 0 Å². The second kappa shape index (κ2) is 4.55. The summed E-state index contributed by atoms with van der Waals surface area (Å²) in [5.41, 5.74) is 10.7. The van der Waals surface area contributed by atoms with Gasteiger partial charge in [0.1, 0.15) is 5.82 Å². The summed E-state index contributed by atoms with van der Waals surface area (Å²) < 4.78 is 0. The average molecular weight is 243 g/mol. The van der Waals surface area contributed by atoms with Crippen molar-refractivity contribution >= 4 is 0 Å². The Morgan fingerprint density at radius 3 is 3.00 bits per heavy atom. The van der Waals surface area contributed by atoms with Gasteiger partial charge in [0.15, 0.2) is 0 Å². The van der Waals surface area contributed by atoms with Crippen molar-refractivity contribution in [1.82, 2.24) is 9.97 Å². The molecule has 1 atom stereocenters. The maximum absolute atomic E-state index is 9.01. The predicted octanol–water partition coefficient (Wildman–Crippen LogP) is 1.56. The van der Waals surface area contributed by atoms with Crippen LogP contribution in [0.3, 0.4) is 0 Å². The molecule has 1 aliphatic carbocycles. The van der Waals surface area contributed by atoms with Crippen LogP contribution < -0.4 is 5.73 Å². The lowest BCUT2D eigenvalue weighted by Gasteiger charge is -2.04. The number of benzene rings is 1. The number of nitrogens with one attached hydrogen (secondary N) is 1. The topological polar surface area (TPSA) is 74.9 Å². The van der Waals surface area contributed by atoms with Crippen LogP contribution in [0.25, 0.3) is 11.3 Å². The molecule has 0 radical (unpaired) electrons. The Balaban J connectivity index is 1.92. The number of hydrogen-bond donors (Lipinski definition) is 3. The molecule has 1 heterocycles. The number of aryl methyl sites for hydroxylation is 2. The molecule has 4 nitrogen and oxygen atoms in total. The standard InChI is InChI=1S/C14H17N3O/c15-12(8-18)14-16-7-13(17-14)11-5-4-9-2-1-3-10(9)6-11/h4-7,12,18H,1-3,8,15H2,(H,16,17). The zero-order chi connectivity index (χ0) is 12.5. The smallest absolute Gasteiger partial charge is 0.125 e. The number of imidazole rings is 1.